The minimum absolute atomic E-state index is 0.613. The first kappa shape index (κ1) is 12.0. The van der Waals surface area contributed by atoms with Crippen LogP contribution in [-0.4, -0.2) is 23.1 Å². The zero-order valence-corrected chi connectivity index (χ0v) is 10.1. The Labute approximate surface area is 105 Å². The van der Waals surface area contributed by atoms with Gasteiger partial charge < -0.3 is 15.0 Å². The molecular weight excluding hydrogens is 238 g/mol. The Morgan fingerprint density at radius 1 is 1.29 bits per heavy atom. The fraction of sp³-hybridized carbons (Fsp3) is 0.250. The average Bonchev–Trinajstić information content (AvgIpc) is 2.84. The normalized spacial score (nSPS) is 10.4. The highest BCUT2D eigenvalue weighted by molar-refractivity contribution is 6.30. The smallest absolute Gasteiger partial charge is 0.120 e. The van der Waals surface area contributed by atoms with Crippen LogP contribution in [0.2, 0.25) is 5.02 Å². The van der Waals surface area contributed by atoms with Crippen LogP contribution in [0.3, 0.4) is 0 Å². The van der Waals surface area contributed by atoms with E-state index in [9.17, 15) is 0 Å². The zero-order chi connectivity index (χ0) is 11.9. The number of H-pyrrole nitrogens is 1. The second kappa shape index (κ2) is 6.27. The molecule has 0 unspecified atom stereocenters. The van der Waals surface area contributed by atoms with Gasteiger partial charge in [-0.25, -0.2) is 4.98 Å². The van der Waals surface area contributed by atoms with E-state index in [0.717, 1.165) is 24.7 Å². The predicted octanol–water partition coefficient (Wildman–Crippen LogP) is 2.23. The molecule has 0 bridgehead atoms. The molecule has 0 saturated carbocycles. The average molecular weight is 252 g/mol. The van der Waals surface area contributed by atoms with Gasteiger partial charge in [-0.3, -0.25) is 0 Å². The van der Waals surface area contributed by atoms with Gasteiger partial charge in [0.2, 0.25) is 0 Å². The van der Waals surface area contributed by atoms with E-state index >= 15 is 0 Å². The van der Waals surface area contributed by atoms with Crippen LogP contribution >= 0.6 is 11.6 Å². The minimum Gasteiger partial charge on any atom is -0.492 e. The molecule has 0 aliphatic carbocycles. The van der Waals surface area contributed by atoms with Crippen molar-refractivity contribution < 1.29 is 4.74 Å². The van der Waals surface area contributed by atoms with Crippen LogP contribution in [-0.2, 0) is 6.54 Å². The number of aromatic amines is 1. The summed E-state index contributed by atoms with van der Waals surface area (Å²) in [5.41, 5.74) is 0. The molecule has 1 heterocycles. The molecule has 0 radical (unpaired) electrons. The van der Waals surface area contributed by atoms with E-state index in [1.165, 1.54) is 0 Å². The van der Waals surface area contributed by atoms with Crippen molar-refractivity contribution in [1.29, 1.82) is 0 Å². The lowest BCUT2D eigenvalue weighted by Crippen LogP contribution is -2.21. The Morgan fingerprint density at radius 2 is 2.12 bits per heavy atom. The molecule has 2 rings (SSSR count). The number of nitrogens with zero attached hydrogens (tertiary/aromatic N) is 1. The predicted molar refractivity (Wildman–Crippen MR) is 67.2 cm³/mol. The van der Waals surface area contributed by atoms with E-state index < -0.39 is 0 Å². The number of imidazole rings is 1. The summed E-state index contributed by atoms with van der Waals surface area (Å²) in [4.78, 5) is 7.13. The third-order valence-electron chi connectivity index (χ3n) is 2.21. The quantitative estimate of drug-likeness (QED) is 0.774. The molecule has 0 aliphatic rings. The molecule has 2 N–H and O–H groups in total. The third kappa shape index (κ3) is 4.09. The molecule has 1 aromatic carbocycles. The molecule has 0 fully saturated rings. The first-order chi connectivity index (χ1) is 8.34. The molecule has 4 nitrogen and oxygen atoms in total. The molecule has 90 valence electrons. The van der Waals surface area contributed by atoms with Crippen LogP contribution in [0.5, 0.6) is 5.75 Å². The van der Waals surface area contributed by atoms with Gasteiger partial charge in [0.05, 0.1) is 6.54 Å². The molecular formula is C12H14ClN3O. The van der Waals surface area contributed by atoms with Crippen molar-refractivity contribution in [2.24, 2.45) is 0 Å². The van der Waals surface area contributed by atoms with E-state index in [-0.39, 0.29) is 0 Å². The van der Waals surface area contributed by atoms with E-state index in [2.05, 4.69) is 15.3 Å². The summed E-state index contributed by atoms with van der Waals surface area (Å²) in [6.45, 7) is 2.10. The van der Waals surface area contributed by atoms with Gasteiger partial charge in [-0.1, -0.05) is 11.6 Å². The molecule has 0 amide bonds. The van der Waals surface area contributed by atoms with Gasteiger partial charge in [-0.05, 0) is 24.3 Å². The topological polar surface area (TPSA) is 49.9 Å². The van der Waals surface area contributed by atoms with Gasteiger partial charge in [0.25, 0.3) is 0 Å². The van der Waals surface area contributed by atoms with Gasteiger partial charge in [-0.15, -0.1) is 0 Å². The lowest BCUT2D eigenvalue weighted by molar-refractivity contribution is 0.313. The molecule has 2 aromatic rings. The zero-order valence-electron chi connectivity index (χ0n) is 9.32. The van der Waals surface area contributed by atoms with Crippen LogP contribution in [0.1, 0.15) is 5.82 Å². The lowest BCUT2D eigenvalue weighted by Gasteiger charge is -2.06. The maximum atomic E-state index is 5.77. The molecule has 0 saturated heterocycles. The van der Waals surface area contributed by atoms with Crippen molar-refractivity contribution in [3.05, 3.63) is 47.5 Å². The highest BCUT2D eigenvalue weighted by Crippen LogP contribution is 2.14. The van der Waals surface area contributed by atoms with E-state index in [1.807, 2.05) is 24.3 Å². The number of hydrogen-bond acceptors (Lipinski definition) is 3. The minimum atomic E-state index is 0.613. The summed E-state index contributed by atoms with van der Waals surface area (Å²) in [6, 6.07) is 7.34. The van der Waals surface area contributed by atoms with Crippen LogP contribution in [0.25, 0.3) is 0 Å². The van der Waals surface area contributed by atoms with Gasteiger partial charge in [0.15, 0.2) is 0 Å². The summed E-state index contributed by atoms with van der Waals surface area (Å²) in [6.07, 6.45) is 3.54. The Morgan fingerprint density at radius 3 is 2.82 bits per heavy atom. The van der Waals surface area contributed by atoms with Crippen LogP contribution < -0.4 is 10.1 Å². The number of nitrogens with one attached hydrogen (secondary N) is 2. The van der Waals surface area contributed by atoms with Gasteiger partial charge >= 0.3 is 0 Å². The second-order valence-electron chi connectivity index (χ2n) is 3.52. The molecule has 1 aromatic heterocycles. The number of rotatable bonds is 6. The van der Waals surface area contributed by atoms with E-state index in [0.29, 0.717) is 11.6 Å². The van der Waals surface area contributed by atoms with Gasteiger partial charge in [0, 0.05) is 24.0 Å². The summed E-state index contributed by atoms with van der Waals surface area (Å²) in [5, 5.41) is 3.94. The number of hydrogen-bond donors (Lipinski definition) is 2. The third-order valence-corrected chi connectivity index (χ3v) is 2.46. The maximum Gasteiger partial charge on any atom is 0.120 e. The monoisotopic (exact) mass is 251 g/mol. The first-order valence-electron chi connectivity index (χ1n) is 5.42. The van der Waals surface area contributed by atoms with Crippen molar-refractivity contribution in [3.63, 3.8) is 0 Å². The standard InChI is InChI=1S/C12H14ClN3O/c13-10-1-3-11(4-2-10)17-8-7-14-9-12-15-5-6-16-12/h1-6,14H,7-9H2,(H,15,16). The molecule has 0 spiro atoms. The highest BCUT2D eigenvalue weighted by atomic mass is 35.5. The first-order valence-corrected chi connectivity index (χ1v) is 5.80. The Bertz CT molecular complexity index is 428. The number of ether oxygens (including phenoxy) is 1. The second-order valence-corrected chi connectivity index (χ2v) is 3.95. The molecule has 0 aliphatic heterocycles. The summed E-state index contributed by atoms with van der Waals surface area (Å²) < 4.78 is 5.53. The molecule has 17 heavy (non-hydrogen) atoms. The Kier molecular flexibility index (Phi) is 4.41. The van der Waals surface area contributed by atoms with Gasteiger partial charge in [-0.2, -0.15) is 0 Å². The van der Waals surface area contributed by atoms with Crippen molar-refractivity contribution in [1.82, 2.24) is 15.3 Å². The SMILES string of the molecule is Clc1ccc(OCCNCc2ncc[nH]2)cc1. The summed E-state index contributed by atoms with van der Waals surface area (Å²) in [7, 11) is 0. The number of benzene rings is 1. The number of aromatic nitrogens is 2. The summed E-state index contributed by atoms with van der Waals surface area (Å²) in [5.74, 6) is 1.76. The van der Waals surface area contributed by atoms with Crippen molar-refractivity contribution in [2.75, 3.05) is 13.2 Å². The fourth-order valence-electron chi connectivity index (χ4n) is 1.37. The maximum absolute atomic E-state index is 5.77. The van der Waals surface area contributed by atoms with E-state index in [4.69, 9.17) is 16.3 Å². The van der Waals surface area contributed by atoms with Crippen molar-refractivity contribution in [2.45, 2.75) is 6.54 Å². The Hall–Kier alpha value is -1.52. The number of halogens is 1. The lowest BCUT2D eigenvalue weighted by atomic mass is 10.3. The Balaban J connectivity index is 1.61. The van der Waals surface area contributed by atoms with Crippen LogP contribution in [0, 0.1) is 0 Å². The van der Waals surface area contributed by atoms with Crippen LogP contribution in [0.4, 0.5) is 0 Å². The summed E-state index contributed by atoms with van der Waals surface area (Å²) >= 11 is 5.77. The van der Waals surface area contributed by atoms with Crippen molar-refractivity contribution in [3.8, 4) is 5.75 Å². The highest BCUT2D eigenvalue weighted by Gasteiger charge is 1.95. The van der Waals surface area contributed by atoms with Gasteiger partial charge in [0.1, 0.15) is 18.2 Å². The fourth-order valence-corrected chi connectivity index (χ4v) is 1.50. The molecule has 5 heteroatoms. The van der Waals surface area contributed by atoms with Crippen LogP contribution in [0.15, 0.2) is 36.7 Å². The van der Waals surface area contributed by atoms with E-state index in [1.54, 1.807) is 12.4 Å². The largest absolute Gasteiger partial charge is 0.492 e. The molecule has 0 atom stereocenters. The van der Waals surface area contributed by atoms with Crippen molar-refractivity contribution >= 4 is 11.6 Å².